The van der Waals surface area contributed by atoms with Crippen molar-refractivity contribution in [3.05, 3.63) is 70.2 Å². The van der Waals surface area contributed by atoms with E-state index in [0.717, 1.165) is 34.3 Å². The first kappa shape index (κ1) is 23.1. The molecule has 2 aromatic rings. The number of piperidine rings is 1. The fourth-order valence-electron chi connectivity index (χ4n) is 7.40. The highest BCUT2D eigenvalue weighted by molar-refractivity contribution is 9.10. The van der Waals surface area contributed by atoms with Crippen LogP contribution in [0.1, 0.15) is 48.8 Å². The molecule has 184 valence electrons. The summed E-state index contributed by atoms with van der Waals surface area (Å²) in [6, 6.07) is 11.2. The van der Waals surface area contributed by atoms with Crippen molar-refractivity contribution in [3.63, 3.8) is 0 Å². The predicted molar refractivity (Wildman–Crippen MR) is 137 cm³/mol. The molecule has 6 atom stereocenters. The number of aromatic hydroxyl groups is 1. The first-order valence-corrected chi connectivity index (χ1v) is 13.2. The van der Waals surface area contributed by atoms with Gasteiger partial charge in [-0.15, -0.1) is 6.58 Å². The van der Waals surface area contributed by atoms with Crippen LogP contribution in [0.5, 0.6) is 11.5 Å². The van der Waals surface area contributed by atoms with E-state index in [1.54, 1.807) is 6.07 Å². The molecule has 1 saturated heterocycles. The third-order valence-electron chi connectivity index (χ3n) is 9.01. The molecule has 4 aliphatic rings. The number of ether oxygens (including phenoxy) is 1. The Morgan fingerprint density at radius 2 is 2.20 bits per heavy atom. The van der Waals surface area contributed by atoms with Crippen molar-refractivity contribution >= 4 is 21.8 Å². The van der Waals surface area contributed by atoms with Gasteiger partial charge in [0.25, 0.3) is 0 Å². The van der Waals surface area contributed by atoms with Crippen LogP contribution in [0.2, 0.25) is 0 Å². The Bertz CT molecular complexity index is 1220. The van der Waals surface area contributed by atoms with Gasteiger partial charge in [0.15, 0.2) is 11.5 Å². The van der Waals surface area contributed by atoms with Crippen LogP contribution in [0.15, 0.2) is 53.5 Å². The summed E-state index contributed by atoms with van der Waals surface area (Å²) >= 11 is 3.49. The Hall–Kier alpha value is -2.35. The quantitative estimate of drug-likeness (QED) is 0.504. The first-order valence-electron chi connectivity index (χ1n) is 12.5. The highest BCUT2D eigenvalue weighted by Gasteiger charge is 2.73. The minimum atomic E-state index is -0.998. The molecule has 2 aliphatic carbocycles. The van der Waals surface area contributed by atoms with Gasteiger partial charge in [0.2, 0.25) is 5.91 Å². The van der Waals surface area contributed by atoms with Crippen molar-refractivity contribution < 1.29 is 19.7 Å². The van der Waals surface area contributed by atoms with Gasteiger partial charge in [-0.1, -0.05) is 40.2 Å². The number of hydrogen-bond donors (Lipinski definition) is 3. The van der Waals surface area contributed by atoms with Gasteiger partial charge in [0.05, 0.1) is 23.0 Å². The number of likely N-dealkylation sites (tertiary alicyclic amines) is 1. The van der Waals surface area contributed by atoms with Crippen molar-refractivity contribution in [3.8, 4) is 11.5 Å². The molecule has 2 fully saturated rings. The topological polar surface area (TPSA) is 82.0 Å². The van der Waals surface area contributed by atoms with E-state index in [2.05, 4.69) is 32.7 Å². The number of nitrogens with one attached hydrogen (secondary N) is 1. The number of rotatable bonds is 5. The number of carbonyl (C=O) groups excluding carboxylic acids is 1. The monoisotopic (exact) mass is 538 g/mol. The van der Waals surface area contributed by atoms with E-state index in [1.165, 1.54) is 0 Å². The SMILES string of the molecule is C=CCN1CC[C@]23c4c5ccc(O)c4OC2C(NC(=O)C(C)c2cccc(Br)c2)CC[C@@]3(O)[C@H]1C5. The number of phenolic OH excluding ortho intramolecular Hbond substituents is 1. The lowest BCUT2D eigenvalue weighted by Gasteiger charge is -2.64. The molecule has 0 aromatic heterocycles. The number of phenols is 1. The van der Waals surface area contributed by atoms with E-state index in [1.807, 2.05) is 43.3 Å². The molecule has 6 nitrogen and oxygen atoms in total. The third-order valence-corrected chi connectivity index (χ3v) is 9.50. The molecule has 35 heavy (non-hydrogen) atoms. The zero-order chi connectivity index (χ0) is 24.5. The van der Waals surface area contributed by atoms with Crippen molar-refractivity contribution in [2.24, 2.45) is 0 Å². The van der Waals surface area contributed by atoms with Crippen LogP contribution in [-0.2, 0) is 16.6 Å². The van der Waals surface area contributed by atoms with E-state index in [4.69, 9.17) is 4.74 Å². The Kier molecular flexibility index (Phi) is 5.33. The smallest absolute Gasteiger partial charge is 0.227 e. The largest absolute Gasteiger partial charge is 0.504 e. The van der Waals surface area contributed by atoms with Gasteiger partial charge in [0, 0.05) is 22.6 Å². The van der Waals surface area contributed by atoms with Gasteiger partial charge in [-0.3, -0.25) is 9.69 Å². The van der Waals surface area contributed by atoms with Gasteiger partial charge in [0.1, 0.15) is 6.10 Å². The van der Waals surface area contributed by atoms with Crippen LogP contribution < -0.4 is 10.1 Å². The standard InChI is InChI=1S/C28H31BrN2O4/c1-3-12-31-13-11-27-23-18-7-8-21(32)24(23)35-25(27)20(9-10-28(27,34)22(31)15-18)30-26(33)16(2)17-5-4-6-19(29)14-17/h3-8,14,16,20,22,25,32,34H,1,9-13,15H2,2H3,(H,30,33)/t16?,20?,22-,25?,27+,28-/m1/s1. The number of hydrogen-bond acceptors (Lipinski definition) is 5. The molecular formula is C28H31BrN2O4. The number of amides is 1. The highest BCUT2D eigenvalue weighted by Crippen LogP contribution is 2.65. The number of halogens is 1. The maximum atomic E-state index is 13.4. The van der Waals surface area contributed by atoms with Crippen LogP contribution >= 0.6 is 15.9 Å². The van der Waals surface area contributed by atoms with Gasteiger partial charge in [-0.25, -0.2) is 0 Å². The zero-order valence-corrected chi connectivity index (χ0v) is 21.4. The number of aliphatic hydroxyl groups is 1. The average molecular weight is 539 g/mol. The summed E-state index contributed by atoms with van der Waals surface area (Å²) in [6.07, 6.45) is 4.06. The average Bonchev–Trinajstić information content (AvgIpc) is 3.19. The molecule has 6 rings (SSSR count). The fraction of sp³-hybridized carbons (Fsp3) is 0.464. The molecule has 1 amide bonds. The lowest BCUT2D eigenvalue weighted by molar-refractivity contribution is -0.190. The van der Waals surface area contributed by atoms with Crippen LogP contribution in [0, 0.1) is 0 Å². The van der Waals surface area contributed by atoms with E-state index in [-0.39, 0.29) is 29.7 Å². The second kappa shape index (κ2) is 8.08. The van der Waals surface area contributed by atoms with Crippen LogP contribution in [0.25, 0.3) is 0 Å². The maximum absolute atomic E-state index is 13.4. The lowest BCUT2D eigenvalue weighted by atomic mass is 9.48. The van der Waals surface area contributed by atoms with Crippen molar-refractivity contribution in [2.45, 2.75) is 67.7 Å². The van der Waals surface area contributed by atoms with Crippen LogP contribution in [-0.4, -0.2) is 57.9 Å². The molecule has 2 bridgehead atoms. The minimum Gasteiger partial charge on any atom is -0.504 e. The second-order valence-electron chi connectivity index (χ2n) is 10.6. The second-order valence-corrected chi connectivity index (χ2v) is 11.5. The van der Waals surface area contributed by atoms with Gasteiger partial charge >= 0.3 is 0 Å². The molecule has 2 heterocycles. The van der Waals surface area contributed by atoms with Crippen LogP contribution in [0.3, 0.4) is 0 Å². The number of nitrogens with zero attached hydrogens (tertiary/aromatic N) is 1. The van der Waals surface area contributed by atoms with Gasteiger partial charge in [-0.2, -0.15) is 0 Å². The summed E-state index contributed by atoms with van der Waals surface area (Å²) in [5.74, 6) is 0.208. The molecule has 7 heteroatoms. The Balaban J connectivity index is 1.38. The zero-order valence-electron chi connectivity index (χ0n) is 19.8. The van der Waals surface area contributed by atoms with E-state index < -0.39 is 17.1 Å². The number of benzene rings is 2. The Labute approximate surface area is 214 Å². The highest BCUT2D eigenvalue weighted by atomic mass is 79.9. The molecule has 1 saturated carbocycles. The van der Waals surface area contributed by atoms with Crippen molar-refractivity contribution in [1.82, 2.24) is 10.2 Å². The van der Waals surface area contributed by atoms with E-state index in [9.17, 15) is 15.0 Å². The van der Waals surface area contributed by atoms with Crippen molar-refractivity contribution in [2.75, 3.05) is 13.1 Å². The molecule has 1 spiro atoms. The molecular weight excluding hydrogens is 508 g/mol. The molecule has 0 radical (unpaired) electrons. The van der Waals surface area contributed by atoms with Gasteiger partial charge < -0.3 is 20.3 Å². The molecule has 3 unspecified atom stereocenters. The normalized spacial score (nSPS) is 33.4. The third kappa shape index (κ3) is 3.11. The molecule has 3 N–H and O–H groups in total. The summed E-state index contributed by atoms with van der Waals surface area (Å²) in [6.45, 7) is 7.37. The lowest BCUT2D eigenvalue weighted by Crippen LogP contribution is -2.78. The van der Waals surface area contributed by atoms with E-state index in [0.29, 0.717) is 31.4 Å². The first-order chi connectivity index (χ1) is 16.8. The predicted octanol–water partition coefficient (Wildman–Crippen LogP) is 3.78. The maximum Gasteiger partial charge on any atom is 0.227 e. The van der Waals surface area contributed by atoms with Gasteiger partial charge in [-0.05, 0) is 68.5 Å². The number of carbonyl (C=O) groups is 1. The molecule has 2 aliphatic heterocycles. The minimum absolute atomic E-state index is 0.0550. The van der Waals surface area contributed by atoms with Crippen molar-refractivity contribution in [1.29, 1.82) is 0 Å². The van der Waals surface area contributed by atoms with E-state index >= 15 is 0 Å². The summed E-state index contributed by atoms with van der Waals surface area (Å²) in [5, 5.41) is 26.4. The Morgan fingerprint density at radius 1 is 1.37 bits per heavy atom. The fourth-order valence-corrected chi connectivity index (χ4v) is 7.82. The molecule has 2 aromatic carbocycles. The summed E-state index contributed by atoms with van der Waals surface area (Å²) in [5.41, 5.74) is 1.36. The summed E-state index contributed by atoms with van der Waals surface area (Å²) in [7, 11) is 0. The summed E-state index contributed by atoms with van der Waals surface area (Å²) < 4.78 is 7.46. The Morgan fingerprint density at radius 3 is 2.97 bits per heavy atom. The van der Waals surface area contributed by atoms with Crippen LogP contribution in [0.4, 0.5) is 0 Å². The summed E-state index contributed by atoms with van der Waals surface area (Å²) in [4.78, 5) is 15.7.